The van der Waals surface area contributed by atoms with Gasteiger partial charge in [0.25, 0.3) is 5.69 Å². The molecule has 0 radical (unpaired) electrons. The summed E-state index contributed by atoms with van der Waals surface area (Å²) >= 11 is 5.94. The molecule has 1 aromatic heterocycles. The third-order valence-corrected chi connectivity index (χ3v) is 5.21. The Labute approximate surface area is 184 Å². The highest BCUT2D eigenvalue weighted by molar-refractivity contribution is 7.86. The number of hydrogen-bond donors (Lipinski definition) is 0. The first-order valence-electron chi connectivity index (χ1n) is 8.86. The molecule has 0 amide bonds. The van der Waals surface area contributed by atoms with Gasteiger partial charge in [-0.3, -0.25) is 9.59 Å². The summed E-state index contributed by atoms with van der Waals surface area (Å²) in [6, 6.07) is 13.9. The maximum absolute atomic E-state index is 13.0. The molecule has 32 heavy (non-hydrogen) atoms. The van der Waals surface area contributed by atoms with Gasteiger partial charge in [-0.05, 0) is 31.2 Å². The summed E-state index contributed by atoms with van der Waals surface area (Å²) in [4.78, 5) is 25.9. The molecule has 168 valence electrons. The molecule has 3 aromatic rings. The summed E-state index contributed by atoms with van der Waals surface area (Å²) in [5.74, 6) is -0.378. The van der Waals surface area contributed by atoms with Crippen molar-refractivity contribution < 1.29 is 40.4 Å². The van der Waals surface area contributed by atoms with E-state index in [0.29, 0.717) is 39.8 Å². The zero-order valence-corrected chi connectivity index (χ0v) is 17.7. The van der Waals surface area contributed by atoms with Crippen LogP contribution in [0.2, 0.25) is 5.02 Å². The lowest BCUT2D eigenvalue weighted by atomic mass is 9.90. The number of halogens is 4. The molecule has 0 saturated carbocycles. The van der Waals surface area contributed by atoms with Crippen molar-refractivity contribution in [1.29, 1.82) is 0 Å². The Morgan fingerprint density at radius 3 is 2.00 bits per heavy atom. The van der Waals surface area contributed by atoms with Crippen LogP contribution in [0.1, 0.15) is 39.0 Å². The largest absolute Gasteiger partial charge is 0.741 e. The molecule has 2 aromatic carbocycles. The van der Waals surface area contributed by atoms with Crippen LogP contribution in [-0.2, 0) is 16.7 Å². The van der Waals surface area contributed by atoms with Gasteiger partial charge in [0.1, 0.15) is 6.54 Å². The highest BCUT2D eigenvalue weighted by Crippen LogP contribution is 2.27. The predicted octanol–water partition coefficient (Wildman–Crippen LogP) is 2.66. The zero-order chi connectivity index (χ0) is 23.8. The summed E-state index contributed by atoms with van der Waals surface area (Å²) < 4.78 is 62.0. The molecule has 1 aliphatic rings. The van der Waals surface area contributed by atoms with Gasteiger partial charge in [-0.2, -0.15) is 13.2 Å². The molecule has 0 N–H and O–H groups in total. The molecule has 4 rings (SSSR count). The number of hydrogen-bond acceptors (Lipinski definition) is 6. The molecule has 0 fully saturated rings. The Morgan fingerprint density at radius 1 is 1.03 bits per heavy atom. The third kappa shape index (κ3) is 4.29. The highest BCUT2D eigenvalue weighted by Gasteiger charge is 2.42. The number of alkyl halides is 3. The summed E-state index contributed by atoms with van der Waals surface area (Å²) in [5, 5.41) is 5.04. The van der Waals surface area contributed by atoms with Gasteiger partial charge < -0.3 is 4.55 Å². The Kier molecular flexibility index (Phi) is 6.22. The van der Waals surface area contributed by atoms with E-state index < -0.39 is 15.6 Å². The second-order valence-corrected chi connectivity index (χ2v) is 8.20. The van der Waals surface area contributed by atoms with Crippen molar-refractivity contribution in [3.8, 4) is 5.69 Å². The number of nitrogens with zero attached hydrogens (tertiary/aromatic N) is 3. The SMILES string of the molecule is CC[n+]1nn(-c2ccc(Cl)cc2)c2c1C(=O)c1ccccc1C2=O.O=S(=O)([O-])C(F)(F)F. The standard InChI is InChI=1S/C18H13ClN3O2.CHF3O3S/c1-2-21-15-16(22(20-21)12-9-7-11(19)8-10-12)18(24)14-6-4-3-5-13(14)17(15)23;2-1(3,4)8(5,6)7/h3-10H,2H2,1H3;(H,5,6,7)/q+1;/p-1. The molecule has 1 heterocycles. The molecule has 0 saturated heterocycles. The fourth-order valence-electron chi connectivity index (χ4n) is 2.97. The van der Waals surface area contributed by atoms with Crippen LogP contribution in [0.3, 0.4) is 0 Å². The van der Waals surface area contributed by atoms with Crippen molar-refractivity contribution in [2.75, 3.05) is 0 Å². The average Bonchev–Trinajstić information content (AvgIpc) is 3.12. The molecular formula is C19H13ClF3N3O5S. The number of carbonyl (C=O) groups is 2. The normalized spacial score (nSPS) is 13.2. The van der Waals surface area contributed by atoms with Crippen LogP contribution in [0.25, 0.3) is 5.69 Å². The lowest BCUT2D eigenvalue weighted by Gasteiger charge is -2.11. The second-order valence-electron chi connectivity index (χ2n) is 6.39. The van der Waals surface area contributed by atoms with E-state index in [1.165, 1.54) is 4.68 Å². The summed E-state index contributed by atoms with van der Waals surface area (Å²) in [5.41, 5.74) is -3.50. The summed E-state index contributed by atoms with van der Waals surface area (Å²) in [6.07, 6.45) is 0. The van der Waals surface area contributed by atoms with Gasteiger partial charge in [0.2, 0.25) is 17.3 Å². The third-order valence-electron chi connectivity index (χ3n) is 4.39. The van der Waals surface area contributed by atoms with Crippen molar-refractivity contribution in [2.45, 2.75) is 19.0 Å². The number of aryl methyl sites for hydroxylation is 1. The lowest BCUT2D eigenvalue weighted by Crippen LogP contribution is -2.42. The minimum Gasteiger partial charge on any atom is -0.741 e. The van der Waals surface area contributed by atoms with Gasteiger partial charge in [-0.1, -0.05) is 40.5 Å². The van der Waals surface area contributed by atoms with Crippen molar-refractivity contribution in [3.05, 3.63) is 76.1 Å². The molecule has 0 bridgehead atoms. The molecule has 1 aliphatic carbocycles. The van der Waals surface area contributed by atoms with Crippen molar-refractivity contribution in [3.63, 3.8) is 0 Å². The van der Waals surface area contributed by atoms with Crippen molar-refractivity contribution in [2.24, 2.45) is 0 Å². The minimum atomic E-state index is -6.09. The zero-order valence-electron chi connectivity index (χ0n) is 16.1. The number of ketones is 2. The first-order valence-corrected chi connectivity index (χ1v) is 10.6. The fraction of sp³-hybridized carbons (Fsp3) is 0.158. The van der Waals surface area contributed by atoms with E-state index >= 15 is 0 Å². The fourth-order valence-corrected chi connectivity index (χ4v) is 3.09. The molecular weight excluding hydrogens is 475 g/mol. The first-order chi connectivity index (χ1) is 14.9. The van der Waals surface area contributed by atoms with E-state index in [1.807, 2.05) is 6.92 Å². The Morgan fingerprint density at radius 2 is 1.53 bits per heavy atom. The van der Waals surface area contributed by atoms with Crippen LogP contribution in [0.5, 0.6) is 0 Å². The molecule has 0 atom stereocenters. The molecule has 0 unspecified atom stereocenters. The van der Waals surface area contributed by atoms with E-state index in [1.54, 1.807) is 53.2 Å². The highest BCUT2D eigenvalue weighted by atomic mass is 35.5. The number of aromatic nitrogens is 3. The Bertz CT molecular complexity index is 1320. The second kappa shape index (κ2) is 8.45. The number of carbonyl (C=O) groups excluding carboxylic acids is 2. The maximum Gasteiger partial charge on any atom is 0.485 e. The van der Waals surface area contributed by atoms with Crippen LogP contribution >= 0.6 is 11.6 Å². The quantitative estimate of drug-likeness (QED) is 0.244. The van der Waals surface area contributed by atoms with Crippen molar-refractivity contribution in [1.82, 2.24) is 9.90 Å². The van der Waals surface area contributed by atoms with Gasteiger partial charge >= 0.3 is 5.51 Å². The predicted molar refractivity (Wildman–Crippen MR) is 104 cm³/mol. The number of benzene rings is 2. The number of rotatable bonds is 2. The topological polar surface area (TPSA) is 113 Å². The van der Waals surface area contributed by atoms with Gasteiger partial charge in [-0.25, -0.2) is 8.42 Å². The monoisotopic (exact) mass is 487 g/mol. The summed E-state index contributed by atoms with van der Waals surface area (Å²) in [6.45, 7) is 2.38. The molecule has 0 spiro atoms. The van der Waals surface area contributed by atoms with Gasteiger partial charge in [0, 0.05) is 16.1 Å². The van der Waals surface area contributed by atoms with Crippen LogP contribution in [0.4, 0.5) is 13.2 Å². The summed E-state index contributed by atoms with van der Waals surface area (Å²) in [7, 11) is -6.09. The molecule has 0 aliphatic heterocycles. The van der Waals surface area contributed by atoms with Crippen molar-refractivity contribution >= 4 is 33.3 Å². The van der Waals surface area contributed by atoms with Crippen LogP contribution in [0.15, 0.2) is 48.5 Å². The lowest BCUT2D eigenvalue weighted by molar-refractivity contribution is -0.753. The first kappa shape index (κ1) is 23.6. The van der Waals surface area contributed by atoms with E-state index in [9.17, 15) is 22.8 Å². The van der Waals surface area contributed by atoms with Gasteiger partial charge in [0.15, 0.2) is 15.8 Å². The smallest absolute Gasteiger partial charge is 0.485 e. The molecule has 13 heteroatoms. The van der Waals surface area contributed by atoms with E-state index in [-0.39, 0.29) is 11.6 Å². The Balaban J connectivity index is 0.000000312. The minimum absolute atomic E-state index is 0.178. The van der Waals surface area contributed by atoms with E-state index in [0.717, 1.165) is 0 Å². The van der Waals surface area contributed by atoms with E-state index in [2.05, 4.69) is 5.21 Å². The average molecular weight is 488 g/mol. The van der Waals surface area contributed by atoms with Crippen LogP contribution in [-0.4, -0.2) is 39.9 Å². The van der Waals surface area contributed by atoms with Gasteiger partial charge in [0.05, 0.1) is 5.21 Å². The van der Waals surface area contributed by atoms with Gasteiger partial charge in [-0.15, -0.1) is 4.68 Å². The van der Waals surface area contributed by atoms with E-state index in [4.69, 9.17) is 24.6 Å². The van der Waals surface area contributed by atoms with Crippen LogP contribution in [0, 0.1) is 0 Å². The van der Waals surface area contributed by atoms with Crippen LogP contribution < -0.4 is 4.68 Å². The maximum atomic E-state index is 13.0. The Hall–Kier alpha value is -3.09. The number of fused-ring (bicyclic) bond motifs is 2. The molecule has 8 nitrogen and oxygen atoms in total.